The molecule has 7 heteroatoms. The van der Waals surface area contributed by atoms with Crippen LogP contribution in [0.2, 0.25) is 0 Å². The lowest BCUT2D eigenvalue weighted by molar-refractivity contribution is 0.00106. The maximum absolute atomic E-state index is 10.3. The van der Waals surface area contributed by atoms with Crippen molar-refractivity contribution in [3.8, 4) is 0 Å². The maximum atomic E-state index is 10.3. The lowest BCUT2D eigenvalue weighted by atomic mass is 10.1. The summed E-state index contributed by atoms with van der Waals surface area (Å²) in [6.07, 6.45) is 0.509. The Morgan fingerprint density at radius 3 is 2.59 bits per heavy atom. The lowest BCUT2D eigenvalue weighted by Crippen LogP contribution is -2.43. The summed E-state index contributed by atoms with van der Waals surface area (Å²) in [7, 11) is 0. The van der Waals surface area contributed by atoms with Crippen molar-refractivity contribution in [3.63, 3.8) is 0 Å². The Morgan fingerprint density at radius 1 is 1.28 bits per heavy atom. The van der Waals surface area contributed by atoms with E-state index in [1.54, 1.807) is 0 Å². The zero-order valence-corrected chi connectivity index (χ0v) is 20.7. The predicted octanol–water partition coefficient (Wildman–Crippen LogP) is 3.12. The fourth-order valence-corrected chi connectivity index (χ4v) is 3.72. The second kappa shape index (κ2) is 14.2. The van der Waals surface area contributed by atoms with Gasteiger partial charge in [-0.1, -0.05) is 44.2 Å². The molecule has 1 aliphatic rings. The predicted molar refractivity (Wildman–Crippen MR) is 131 cm³/mol. The Kier molecular flexibility index (Phi) is 12.8. The molecule has 29 heavy (non-hydrogen) atoms. The second-order valence-corrected chi connectivity index (χ2v) is 7.34. The van der Waals surface area contributed by atoms with Crippen LogP contribution in [0.25, 0.3) is 0 Å². The molecule has 0 bridgehead atoms. The number of aliphatic hydroxyl groups excluding tert-OH is 1. The number of rotatable bonds is 10. The largest absolute Gasteiger partial charge is 0.389 e. The van der Waals surface area contributed by atoms with Gasteiger partial charge in [0.25, 0.3) is 0 Å². The zero-order valence-electron chi connectivity index (χ0n) is 18.4. The first-order valence-corrected chi connectivity index (χ1v) is 10.7. The van der Waals surface area contributed by atoms with Crippen LogP contribution in [0.15, 0.2) is 35.3 Å². The minimum absolute atomic E-state index is 0. The van der Waals surface area contributed by atoms with Crippen LogP contribution in [0.5, 0.6) is 0 Å². The van der Waals surface area contributed by atoms with E-state index >= 15 is 0 Å². The van der Waals surface area contributed by atoms with Gasteiger partial charge in [-0.3, -0.25) is 9.89 Å². The van der Waals surface area contributed by atoms with Crippen LogP contribution in [0, 0.1) is 0 Å². The number of ether oxygens (including phenoxy) is 1. The van der Waals surface area contributed by atoms with Crippen LogP contribution in [0.4, 0.5) is 0 Å². The molecular formula is C22H39IN4O2. The van der Waals surface area contributed by atoms with Gasteiger partial charge in [0, 0.05) is 25.7 Å². The summed E-state index contributed by atoms with van der Waals surface area (Å²) in [5.74, 6) is 0.896. The van der Waals surface area contributed by atoms with Crippen molar-refractivity contribution >= 4 is 29.9 Å². The number of hydrogen-bond donors (Lipinski definition) is 2. The molecule has 0 aromatic heterocycles. The van der Waals surface area contributed by atoms with E-state index in [2.05, 4.69) is 40.9 Å². The first-order chi connectivity index (χ1) is 13.6. The van der Waals surface area contributed by atoms with E-state index in [0.717, 1.165) is 50.7 Å². The first-order valence-electron chi connectivity index (χ1n) is 10.7. The van der Waals surface area contributed by atoms with Crippen LogP contribution >= 0.6 is 24.0 Å². The quantitative estimate of drug-likeness (QED) is 0.283. The smallest absolute Gasteiger partial charge is 0.194 e. The summed E-state index contributed by atoms with van der Waals surface area (Å²) in [6, 6.07) is 10.7. The number of guanidine groups is 1. The number of benzene rings is 1. The van der Waals surface area contributed by atoms with Gasteiger partial charge in [-0.15, -0.1) is 24.0 Å². The molecule has 2 N–H and O–H groups in total. The maximum Gasteiger partial charge on any atom is 0.194 e. The molecule has 6 nitrogen and oxygen atoms in total. The monoisotopic (exact) mass is 518 g/mol. The van der Waals surface area contributed by atoms with Crippen LogP contribution < -0.4 is 5.32 Å². The Balaban J connectivity index is 0.00000420. The van der Waals surface area contributed by atoms with Crippen molar-refractivity contribution in [3.05, 3.63) is 35.9 Å². The topological polar surface area (TPSA) is 60.3 Å². The summed E-state index contributed by atoms with van der Waals surface area (Å²) < 4.78 is 5.83. The molecule has 3 unspecified atom stereocenters. The van der Waals surface area contributed by atoms with E-state index in [9.17, 15) is 5.11 Å². The van der Waals surface area contributed by atoms with E-state index in [-0.39, 0.29) is 36.7 Å². The highest BCUT2D eigenvalue weighted by atomic mass is 127. The Bertz CT molecular complexity index is 583. The number of nitrogens with zero attached hydrogens (tertiary/aromatic N) is 3. The fraction of sp³-hybridized carbons (Fsp3) is 0.682. The van der Waals surface area contributed by atoms with E-state index in [1.165, 1.54) is 0 Å². The third-order valence-corrected chi connectivity index (χ3v) is 5.39. The molecule has 3 atom stereocenters. The zero-order chi connectivity index (χ0) is 20.4. The summed E-state index contributed by atoms with van der Waals surface area (Å²) in [6.45, 7) is 14.1. The molecule has 0 radical (unpaired) electrons. The summed E-state index contributed by atoms with van der Waals surface area (Å²) in [5, 5.41) is 13.7. The number of hydrogen-bond acceptors (Lipinski definition) is 4. The Morgan fingerprint density at radius 2 is 1.97 bits per heavy atom. The molecule has 0 aliphatic carbocycles. The molecule has 1 heterocycles. The van der Waals surface area contributed by atoms with Gasteiger partial charge < -0.3 is 20.1 Å². The standard InChI is InChI=1S/C22H38N4O2.HI/c1-5-23-22(26-14-13-20(16-26)25(6-2)7-3)24-15-21(27)17-28-18(4)19-11-9-8-10-12-19;/h8-12,18,20-21,27H,5-7,13-17H2,1-4H3,(H,23,24);1H. The highest BCUT2D eigenvalue weighted by molar-refractivity contribution is 14.0. The SMILES string of the molecule is CCNC(=NCC(O)COC(C)c1ccccc1)N1CCC(N(CC)CC)C1.I. The highest BCUT2D eigenvalue weighted by Crippen LogP contribution is 2.17. The minimum atomic E-state index is -0.610. The molecule has 1 saturated heterocycles. The average Bonchev–Trinajstić information content (AvgIpc) is 3.20. The number of aliphatic imine (C=N–C) groups is 1. The highest BCUT2D eigenvalue weighted by Gasteiger charge is 2.28. The number of likely N-dealkylation sites (tertiary alicyclic amines) is 1. The van der Waals surface area contributed by atoms with Gasteiger partial charge in [0.05, 0.1) is 25.4 Å². The average molecular weight is 518 g/mol. The van der Waals surface area contributed by atoms with Gasteiger partial charge in [-0.25, -0.2) is 0 Å². The normalized spacial score (nSPS) is 19.2. The summed E-state index contributed by atoms with van der Waals surface area (Å²) in [5.41, 5.74) is 1.12. The van der Waals surface area contributed by atoms with Crippen molar-refractivity contribution in [2.24, 2.45) is 4.99 Å². The first kappa shape index (κ1) is 26.1. The summed E-state index contributed by atoms with van der Waals surface area (Å²) in [4.78, 5) is 9.50. The van der Waals surface area contributed by atoms with Gasteiger partial charge >= 0.3 is 0 Å². The van der Waals surface area contributed by atoms with Crippen molar-refractivity contribution < 1.29 is 9.84 Å². The Hall–Kier alpha value is -0.900. The fourth-order valence-electron chi connectivity index (χ4n) is 3.72. The van der Waals surface area contributed by atoms with Crippen molar-refractivity contribution in [2.75, 3.05) is 45.9 Å². The number of halogens is 1. The van der Waals surface area contributed by atoms with Crippen molar-refractivity contribution in [2.45, 2.75) is 52.4 Å². The van der Waals surface area contributed by atoms with Crippen LogP contribution in [0.1, 0.15) is 45.8 Å². The number of likely N-dealkylation sites (N-methyl/N-ethyl adjacent to an activating group) is 1. The van der Waals surface area contributed by atoms with Gasteiger partial charge in [0.2, 0.25) is 0 Å². The molecule has 1 fully saturated rings. The van der Waals surface area contributed by atoms with Gasteiger partial charge in [0.1, 0.15) is 0 Å². The molecule has 2 rings (SSSR count). The second-order valence-electron chi connectivity index (χ2n) is 7.34. The minimum Gasteiger partial charge on any atom is -0.389 e. The van der Waals surface area contributed by atoms with Crippen LogP contribution in [0.3, 0.4) is 0 Å². The molecule has 166 valence electrons. The van der Waals surface area contributed by atoms with Gasteiger partial charge in [0.15, 0.2) is 5.96 Å². The van der Waals surface area contributed by atoms with E-state index < -0.39 is 6.10 Å². The molecule has 1 aromatic rings. The lowest BCUT2D eigenvalue weighted by Gasteiger charge is -2.27. The summed E-state index contributed by atoms with van der Waals surface area (Å²) >= 11 is 0. The van der Waals surface area contributed by atoms with Crippen LogP contribution in [-0.4, -0.2) is 78.9 Å². The third kappa shape index (κ3) is 8.39. The van der Waals surface area contributed by atoms with E-state index in [0.29, 0.717) is 12.6 Å². The molecular weight excluding hydrogens is 479 g/mol. The molecule has 0 spiro atoms. The van der Waals surface area contributed by atoms with Gasteiger partial charge in [-0.2, -0.15) is 0 Å². The molecule has 1 aromatic carbocycles. The van der Waals surface area contributed by atoms with Crippen molar-refractivity contribution in [1.29, 1.82) is 0 Å². The van der Waals surface area contributed by atoms with E-state index in [1.807, 2.05) is 37.3 Å². The molecule has 0 saturated carbocycles. The molecule has 0 amide bonds. The van der Waals surface area contributed by atoms with E-state index in [4.69, 9.17) is 4.74 Å². The van der Waals surface area contributed by atoms with Crippen LogP contribution in [-0.2, 0) is 4.74 Å². The Labute approximate surface area is 193 Å². The number of nitrogens with one attached hydrogen (secondary N) is 1. The van der Waals surface area contributed by atoms with Crippen molar-refractivity contribution in [1.82, 2.24) is 15.1 Å². The molecule has 1 aliphatic heterocycles. The third-order valence-electron chi connectivity index (χ3n) is 5.39. The van der Waals surface area contributed by atoms with Gasteiger partial charge in [-0.05, 0) is 38.9 Å². The number of aliphatic hydroxyl groups is 1.